The predicted molar refractivity (Wildman–Crippen MR) is 86.7 cm³/mol. The third kappa shape index (κ3) is 2.34. The number of nitrogens with zero attached hydrogens (tertiary/aromatic N) is 1. The van der Waals surface area contributed by atoms with E-state index in [2.05, 4.69) is 55.8 Å². The van der Waals surface area contributed by atoms with E-state index >= 15 is 0 Å². The predicted octanol–water partition coefficient (Wildman–Crippen LogP) is 5.27. The van der Waals surface area contributed by atoms with E-state index in [0.29, 0.717) is 0 Å². The van der Waals surface area contributed by atoms with Crippen LogP contribution in [0, 0.1) is 20.8 Å². The Bertz CT molecular complexity index is 760. The van der Waals surface area contributed by atoms with E-state index in [1.54, 1.807) is 0 Å². The molecule has 0 radical (unpaired) electrons. The standard InChI is InChI=1S/C18H18ClN/c1-12-8-13(2)17(14(3)9-12)11-20-7-6-15-10-16(19)4-5-18(15)20/h4-10H,11H2,1-3H3. The van der Waals surface area contributed by atoms with Gasteiger partial charge in [0, 0.05) is 28.7 Å². The molecular weight excluding hydrogens is 266 g/mol. The molecule has 0 N–H and O–H groups in total. The minimum absolute atomic E-state index is 0.790. The summed E-state index contributed by atoms with van der Waals surface area (Å²) in [5, 5.41) is 1.98. The molecule has 1 heterocycles. The van der Waals surface area contributed by atoms with E-state index in [1.807, 2.05) is 12.1 Å². The number of rotatable bonds is 2. The average Bonchev–Trinajstić information content (AvgIpc) is 2.76. The van der Waals surface area contributed by atoms with Crippen molar-refractivity contribution >= 4 is 22.5 Å². The zero-order valence-corrected chi connectivity index (χ0v) is 12.8. The number of benzene rings is 2. The molecule has 0 spiro atoms. The molecule has 2 heteroatoms. The minimum atomic E-state index is 0.790. The Morgan fingerprint density at radius 1 is 0.950 bits per heavy atom. The maximum Gasteiger partial charge on any atom is 0.0484 e. The summed E-state index contributed by atoms with van der Waals surface area (Å²) in [6, 6.07) is 12.7. The van der Waals surface area contributed by atoms with Crippen molar-refractivity contribution in [2.75, 3.05) is 0 Å². The number of halogens is 1. The second kappa shape index (κ2) is 4.99. The van der Waals surface area contributed by atoms with Gasteiger partial charge in [0.15, 0.2) is 0 Å². The maximum atomic E-state index is 6.05. The van der Waals surface area contributed by atoms with Crippen LogP contribution in [0.5, 0.6) is 0 Å². The molecule has 3 aromatic rings. The third-order valence-corrected chi connectivity index (χ3v) is 4.14. The molecule has 0 aliphatic carbocycles. The van der Waals surface area contributed by atoms with Gasteiger partial charge in [0.2, 0.25) is 0 Å². The summed E-state index contributed by atoms with van der Waals surface area (Å²) in [6.07, 6.45) is 2.14. The van der Waals surface area contributed by atoms with Gasteiger partial charge in [0.1, 0.15) is 0 Å². The van der Waals surface area contributed by atoms with Crippen molar-refractivity contribution in [2.45, 2.75) is 27.3 Å². The van der Waals surface area contributed by atoms with Gasteiger partial charge in [-0.05, 0) is 61.7 Å². The summed E-state index contributed by atoms with van der Waals surface area (Å²) >= 11 is 6.05. The van der Waals surface area contributed by atoms with Crippen molar-refractivity contribution in [3.05, 3.63) is 69.9 Å². The second-order valence-electron chi connectivity index (χ2n) is 5.52. The molecule has 1 aromatic heterocycles. The molecule has 0 aliphatic heterocycles. The molecule has 0 saturated carbocycles. The van der Waals surface area contributed by atoms with Gasteiger partial charge in [0.25, 0.3) is 0 Å². The van der Waals surface area contributed by atoms with Crippen LogP contribution in [0.15, 0.2) is 42.6 Å². The quantitative estimate of drug-likeness (QED) is 0.604. The Labute approximate surface area is 124 Å². The van der Waals surface area contributed by atoms with Crippen LogP contribution in [0.1, 0.15) is 22.3 Å². The van der Waals surface area contributed by atoms with Crippen molar-refractivity contribution in [3.8, 4) is 0 Å². The molecule has 0 saturated heterocycles. The van der Waals surface area contributed by atoms with E-state index in [0.717, 1.165) is 11.6 Å². The lowest BCUT2D eigenvalue weighted by Gasteiger charge is -2.13. The van der Waals surface area contributed by atoms with Gasteiger partial charge < -0.3 is 4.57 Å². The Morgan fingerprint density at radius 2 is 1.65 bits per heavy atom. The second-order valence-corrected chi connectivity index (χ2v) is 5.96. The first kappa shape index (κ1) is 13.3. The van der Waals surface area contributed by atoms with Gasteiger partial charge in [-0.1, -0.05) is 29.3 Å². The summed E-state index contributed by atoms with van der Waals surface area (Å²) < 4.78 is 2.29. The monoisotopic (exact) mass is 283 g/mol. The van der Waals surface area contributed by atoms with Crippen LogP contribution in [-0.2, 0) is 6.54 Å². The number of aryl methyl sites for hydroxylation is 3. The largest absolute Gasteiger partial charge is 0.343 e. The first-order valence-electron chi connectivity index (χ1n) is 6.86. The van der Waals surface area contributed by atoms with Crippen LogP contribution in [-0.4, -0.2) is 4.57 Å². The maximum absolute atomic E-state index is 6.05. The highest BCUT2D eigenvalue weighted by molar-refractivity contribution is 6.31. The number of hydrogen-bond donors (Lipinski definition) is 0. The van der Waals surface area contributed by atoms with Crippen LogP contribution in [0.2, 0.25) is 5.02 Å². The molecule has 3 rings (SSSR count). The van der Waals surface area contributed by atoms with Crippen molar-refractivity contribution < 1.29 is 0 Å². The lowest BCUT2D eigenvalue weighted by molar-refractivity contribution is 0.823. The van der Waals surface area contributed by atoms with E-state index in [4.69, 9.17) is 11.6 Å². The Balaban J connectivity index is 2.06. The summed E-state index contributed by atoms with van der Waals surface area (Å²) in [5.41, 5.74) is 6.68. The highest BCUT2D eigenvalue weighted by Gasteiger charge is 2.07. The van der Waals surface area contributed by atoms with Gasteiger partial charge in [-0.3, -0.25) is 0 Å². The smallest absolute Gasteiger partial charge is 0.0484 e. The number of fused-ring (bicyclic) bond motifs is 1. The minimum Gasteiger partial charge on any atom is -0.343 e. The van der Waals surface area contributed by atoms with Crippen molar-refractivity contribution in [2.24, 2.45) is 0 Å². The van der Waals surface area contributed by atoms with Crippen LogP contribution >= 0.6 is 11.6 Å². The molecule has 1 nitrogen and oxygen atoms in total. The molecular formula is C18H18ClN. The molecule has 0 unspecified atom stereocenters. The van der Waals surface area contributed by atoms with Gasteiger partial charge in [-0.15, -0.1) is 0 Å². The molecule has 2 aromatic carbocycles. The summed E-state index contributed by atoms with van der Waals surface area (Å²) in [5.74, 6) is 0. The zero-order valence-electron chi connectivity index (χ0n) is 12.1. The van der Waals surface area contributed by atoms with Gasteiger partial charge in [-0.2, -0.15) is 0 Å². The first-order valence-corrected chi connectivity index (χ1v) is 7.23. The third-order valence-electron chi connectivity index (χ3n) is 3.90. The lowest BCUT2D eigenvalue weighted by Crippen LogP contribution is -2.03. The van der Waals surface area contributed by atoms with Gasteiger partial charge in [-0.25, -0.2) is 0 Å². The summed E-state index contributed by atoms with van der Waals surface area (Å²) in [7, 11) is 0. The van der Waals surface area contributed by atoms with Gasteiger partial charge in [0.05, 0.1) is 0 Å². The lowest BCUT2D eigenvalue weighted by atomic mass is 10.00. The van der Waals surface area contributed by atoms with E-state index < -0.39 is 0 Å². The number of aromatic nitrogens is 1. The molecule has 0 bridgehead atoms. The van der Waals surface area contributed by atoms with Crippen molar-refractivity contribution in [3.63, 3.8) is 0 Å². The zero-order chi connectivity index (χ0) is 14.3. The normalized spacial score (nSPS) is 11.2. The van der Waals surface area contributed by atoms with Crippen LogP contribution in [0.4, 0.5) is 0 Å². The fourth-order valence-corrected chi connectivity index (χ4v) is 3.12. The molecule has 0 atom stereocenters. The average molecular weight is 284 g/mol. The van der Waals surface area contributed by atoms with E-state index in [1.165, 1.54) is 33.2 Å². The van der Waals surface area contributed by atoms with Crippen molar-refractivity contribution in [1.82, 2.24) is 4.57 Å². The summed E-state index contributed by atoms with van der Waals surface area (Å²) in [4.78, 5) is 0. The number of hydrogen-bond acceptors (Lipinski definition) is 0. The molecule has 0 aliphatic rings. The van der Waals surface area contributed by atoms with Crippen LogP contribution in [0.25, 0.3) is 10.9 Å². The Hall–Kier alpha value is -1.73. The SMILES string of the molecule is Cc1cc(C)c(Cn2ccc3cc(Cl)ccc32)c(C)c1. The van der Waals surface area contributed by atoms with Gasteiger partial charge >= 0.3 is 0 Å². The fraction of sp³-hybridized carbons (Fsp3) is 0.222. The van der Waals surface area contributed by atoms with E-state index in [-0.39, 0.29) is 0 Å². The molecule has 0 amide bonds. The Morgan fingerprint density at radius 3 is 2.35 bits per heavy atom. The molecule has 102 valence electrons. The molecule has 0 fully saturated rings. The summed E-state index contributed by atoms with van der Waals surface area (Å²) in [6.45, 7) is 7.44. The first-order chi connectivity index (χ1) is 9.54. The fourth-order valence-electron chi connectivity index (χ4n) is 2.94. The Kier molecular flexibility index (Phi) is 3.31. The van der Waals surface area contributed by atoms with Crippen LogP contribution < -0.4 is 0 Å². The highest BCUT2D eigenvalue weighted by atomic mass is 35.5. The topological polar surface area (TPSA) is 4.93 Å². The van der Waals surface area contributed by atoms with Crippen LogP contribution in [0.3, 0.4) is 0 Å². The van der Waals surface area contributed by atoms with Crippen molar-refractivity contribution in [1.29, 1.82) is 0 Å². The highest BCUT2D eigenvalue weighted by Crippen LogP contribution is 2.23. The van der Waals surface area contributed by atoms with E-state index in [9.17, 15) is 0 Å². The molecule has 20 heavy (non-hydrogen) atoms.